The predicted molar refractivity (Wildman–Crippen MR) is 84.9 cm³/mol. The van der Waals surface area contributed by atoms with Crippen molar-refractivity contribution in [1.29, 1.82) is 0 Å². The first-order valence-electron chi connectivity index (χ1n) is 7.84. The van der Waals surface area contributed by atoms with Crippen LogP contribution in [0.3, 0.4) is 0 Å². The predicted octanol–water partition coefficient (Wildman–Crippen LogP) is 6.60. The first-order chi connectivity index (χ1) is 8.91. The molecule has 0 unspecified atom stereocenters. The lowest BCUT2D eigenvalue weighted by Crippen LogP contribution is -1.79. The van der Waals surface area contributed by atoms with Gasteiger partial charge in [0.05, 0.1) is 0 Å². The number of hydrogen-bond acceptors (Lipinski definition) is 0. The Kier molecular flexibility index (Phi) is 15.5. The summed E-state index contributed by atoms with van der Waals surface area (Å²) in [4.78, 5) is 0. The molecule has 104 valence electrons. The fourth-order valence-corrected chi connectivity index (χ4v) is 1.98. The van der Waals surface area contributed by atoms with Crippen LogP contribution in [0.25, 0.3) is 0 Å². The Labute approximate surface area is 115 Å². The van der Waals surface area contributed by atoms with Gasteiger partial charge in [0.15, 0.2) is 0 Å². The summed E-state index contributed by atoms with van der Waals surface area (Å²) < 4.78 is 0. The molecule has 0 rings (SSSR count). The van der Waals surface area contributed by atoms with Gasteiger partial charge >= 0.3 is 0 Å². The Hall–Kier alpha value is -0.780. The van der Waals surface area contributed by atoms with E-state index in [9.17, 15) is 0 Å². The molecule has 0 aromatic carbocycles. The highest BCUT2D eigenvalue weighted by Crippen LogP contribution is 2.09. The van der Waals surface area contributed by atoms with Crippen LogP contribution in [0.4, 0.5) is 0 Å². The number of hydrogen-bond donors (Lipinski definition) is 0. The van der Waals surface area contributed by atoms with Crippen LogP contribution in [0, 0.1) is 0 Å². The summed E-state index contributed by atoms with van der Waals surface area (Å²) in [6, 6.07) is 0. The average Bonchev–Trinajstić information content (AvgIpc) is 2.39. The van der Waals surface area contributed by atoms with Crippen molar-refractivity contribution in [2.45, 2.75) is 77.6 Å². The summed E-state index contributed by atoms with van der Waals surface area (Å²) in [5.41, 5.74) is 0. The number of allylic oxidation sites excluding steroid dienone is 5. The molecular weight excluding hydrogens is 216 g/mol. The smallest absolute Gasteiger partial charge is 0.0348 e. The highest BCUT2D eigenvalue weighted by molar-refractivity contribution is 4.96. The van der Waals surface area contributed by atoms with E-state index in [0.717, 1.165) is 0 Å². The van der Waals surface area contributed by atoms with Gasteiger partial charge in [-0.3, -0.25) is 0 Å². The van der Waals surface area contributed by atoms with Gasteiger partial charge in [0.2, 0.25) is 0 Å². The van der Waals surface area contributed by atoms with E-state index < -0.39 is 0 Å². The lowest BCUT2D eigenvalue weighted by atomic mass is 10.1. The second-order valence-corrected chi connectivity index (χ2v) is 4.98. The van der Waals surface area contributed by atoms with Crippen LogP contribution < -0.4 is 0 Å². The molecule has 0 fully saturated rings. The zero-order valence-corrected chi connectivity index (χ0v) is 12.4. The van der Waals surface area contributed by atoms with Crippen molar-refractivity contribution in [2.24, 2.45) is 0 Å². The third-order valence-corrected chi connectivity index (χ3v) is 3.15. The molecule has 0 aliphatic carbocycles. The standard InChI is InChI=1S/C18H32/c1-3-5-7-9-11-13-15-17-18-16-14-12-10-8-6-4-2/h3,5,7,10,12H,1,4,6,8-9,11,13-18H2,2H3/b7-5-,12-10?. The molecule has 0 nitrogen and oxygen atoms in total. The lowest BCUT2D eigenvalue weighted by Gasteiger charge is -1.99. The van der Waals surface area contributed by atoms with Gasteiger partial charge in [-0.1, -0.05) is 82.4 Å². The quantitative estimate of drug-likeness (QED) is 0.196. The molecule has 0 aliphatic rings. The van der Waals surface area contributed by atoms with Crippen LogP contribution in [0.5, 0.6) is 0 Å². The van der Waals surface area contributed by atoms with E-state index >= 15 is 0 Å². The van der Waals surface area contributed by atoms with Crippen molar-refractivity contribution in [2.75, 3.05) is 0 Å². The molecule has 0 heterocycles. The zero-order chi connectivity index (χ0) is 13.3. The van der Waals surface area contributed by atoms with Crippen LogP contribution in [0.2, 0.25) is 0 Å². The fraction of sp³-hybridized carbons (Fsp3) is 0.667. The first-order valence-corrected chi connectivity index (χ1v) is 7.84. The van der Waals surface area contributed by atoms with Crippen LogP contribution in [-0.4, -0.2) is 0 Å². The molecule has 0 aromatic rings. The van der Waals surface area contributed by atoms with Gasteiger partial charge in [-0.15, -0.1) is 0 Å². The Morgan fingerprint density at radius 2 is 1.17 bits per heavy atom. The van der Waals surface area contributed by atoms with E-state index in [0.29, 0.717) is 0 Å². The van der Waals surface area contributed by atoms with Crippen LogP contribution >= 0.6 is 0 Å². The van der Waals surface area contributed by atoms with E-state index in [1.807, 2.05) is 12.2 Å². The Bertz CT molecular complexity index is 210. The summed E-state index contributed by atoms with van der Waals surface area (Å²) in [6.45, 7) is 5.92. The first kappa shape index (κ1) is 17.2. The Morgan fingerprint density at radius 3 is 1.72 bits per heavy atom. The van der Waals surface area contributed by atoms with Crippen molar-refractivity contribution in [3.05, 3.63) is 37.0 Å². The maximum absolute atomic E-state index is 3.67. The van der Waals surface area contributed by atoms with Gasteiger partial charge in [0.25, 0.3) is 0 Å². The average molecular weight is 248 g/mol. The summed E-state index contributed by atoms with van der Waals surface area (Å²) in [5.74, 6) is 0. The molecule has 0 aromatic heterocycles. The van der Waals surface area contributed by atoms with Crippen molar-refractivity contribution in [3.8, 4) is 0 Å². The van der Waals surface area contributed by atoms with Gasteiger partial charge in [0, 0.05) is 0 Å². The molecule has 0 N–H and O–H groups in total. The monoisotopic (exact) mass is 248 g/mol. The van der Waals surface area contributed by atoms with Gasteiger partial charge in [-0.2, -0.15) is 0 Å². The molecule has 0 bridgehead atoms. The van der Waals surface area contributed by atoms with Crippen molar-refractivity contribution in [1.82, 2.24) is 0 Å². The van der Waals surface area contributed by atoms with Gasteiger partial charge < -0.3 is 0 Å². The van der Waals surface area contributed by atoms with E-state index in [1.165, 1.54) is 70.6 Å². The zero-order valence-electron chi connectivity index (χ0n) is 12.4. The third kappa shape index (κ3) is 15.2. The van der Waals surface area contributed by atoms with Crippen LogP contribution in [0.1, 0.15) is 77.6 Å². The van der Waals surface area contributed by atoms with E-state index in [4.69, 9.17) is 0 Å². The van der Waals surface area contributed by atoms with Crippen molar-refractivity contribution >= 4 is 0 Å². The second kappa shape index (κ2) is 16.2. The lowest BCUT2D eigenvalue weighted by molar-refractivity contribution is 0.599. The molecule has 0 atom stereocenters. The van der Waals surface area contributed by atoms with Crippen molar-refractivity contribution in [3.63, 3.8) is 0 Å². The SMILES string of the molecule is C=C/C=C\CCCCCCCCC=CCCCC. The molecule has 0 spiro atoms. The van der Waals surface area contributed by atoms with Gasteiger partial charge in [-0.05, 0) is 32.1 Å². The minimum absolute atomic E-state index is 1.21. The Morgan fingerprint density at radius 1 is 0.667 bits per heavy atom. The van der Waals surface area contributed by atoms with Gasteiger partial charge in [-0.25, -0.2) is 0 Å². The van der Waals surface area contributed by atoms with Crippen LogP contribution in [-0.2, 0) is 0 Å². The van der Waals surface area contributed by atoms with E-state index in [-0.39, 0.29) is 0 Å². The largest absolute Gasteiger partial charge is 0.0991 e. The van der Waals surface area contributed by atoms with Crippen molar-refractivity contribution < 1.29 is 0 Å². The number of unbranched alkanes of at least 4 members (excludes halogenated alkanes) is 9. The minimum Gasteiger partial charge on any atom is -0.0991 e. The summed E-state index contributed by atoms with van der Waals surface area (Å²) in [5, 5.41) is 0. The molecule has 0 radical (unpaired) electrons. The minimum atomic E-state index is 1.21. The summed E-state index contributed by atoms with van der Waals surface area (Å²) in [7, 11) is 0. The van der Waals surface area contributed by atoms with Crippen LogP contribution in [0.15, 0.2) is 37.0 Å². The topological polar surface area (TPSA) is 0 Å². The highest BCUT2D eigenvalue weighted by atomic mass is 14.0. The molecule has 0 amide bonds. The molecule has 0 saturated carbocycles. The maximum Gasteiger partial charge on any atom is -0.0348 e. The summed E-state index contributed by atoms with van der Waals surface area (Å²) >= 11 is 0. The van der Waals surface area contributed by atoms with E-state index in [1.54, 1.807) is 0 Å². The number of rotatable bonds is 13. The second-order valence-electron chi connectivity index (χ2n) is 4.98. The third-order valence-electron chi connectivity index (χ3n) is 3.15. The Balaban J connectivity index is 3.05. The molecule has 18 heavy (non-hydrogen) atoms. The molecular formula is C18H32. The fourth-order valence-electron chi connectivity index (χ4n) is 1.98. The van der Waals surface area contributed by atoms with E-state index in [2.05, 4.69) is 31.7 Å². The molecule has 0 heteroatoms. The van der Waals surface area contributed by atoms with Gasteiger partial charge in [0.1, 0.15) is 0 Å². The normalized spacial score (nSPS) is 11.6. The maximum atomic E-state index is 3.67. The summed E-state index contributed by atoms with van der Waals surface area (Å²) in [6.07, 6.45) is 25.6. The molecule has 0 aliphatic heterocycles. The molecule has 0 saturated heterocycles. The highest BCUT2D eigenvalue weighted by Gasteiger charge is 1.89.